The van der Waals surface area contributed by atoms with Gasteiger partial charge in [0.05, 0.1) is 0 Å². The number of carbonyl (C=O) groups excluding carboxylic acids is 1. The van der Waals surface area contributed by atoms with Crippen molar-refractivity contribution < 1.29 is 14.3 Å². The second-order valence-electron chi connectivity index (χ2n) is 7.14. The van der Waals surface area contributed by atoms with E-state index in [1.165, 1.54) is 57.4 Å². The van der Waals surface area contributed by atoms with E-state index in [0.29, 0.717) is 17.3 Å². The van der Waals surface area contributed by atoms with Crippen molar-refractivity contribution in [3.8, 4) is 0 Å². The molecule has 1 aliphatic heterocycles. The summed E-state index contributed by atoms with van der Waals surface area (Å²) in [7, 11) is 0. The second kappa shape index (κ2) is 4.33. The van der Waals surface area contributed by atoms with Crippen LogP contribution in [0.5, 0.6) is 0 Å². The summed E-state index contributed by atoms with van der Waals surface area (Å²) in [6.45, 7) is 4.43. The molecule has 0 aromatic heterocycles. The molecule has 0 aromatic carbocycles. The Balaban J connectivity index is 1.79. The predicted octanol–water partition coefficient (Wildman–Crippen LogP) is 3.23. The number of esters is 1. The molecule has 4 fully saturated rings. The molecule has 3 saturated carbocycles. The van der Waals surface area contributed by atoms with Crippen LogP contribution in [0, 0.1) is 17.3 Å². The highest BCUT2D eigenvalue weighted by Gasteiger charge is 2.77. The molecule has 0 N–H and O–H groups in total. The summed E-state index contributed by atoms with van der Waals surface area (Å²) in [5.41, 5.74) is -0.00465. The van der Waals surface area contributed by atoms with E-state index >= 15 is 0 Å². The molecule has 1 spiro atoms. The standard InChI is InChI=1S/C17H24O3/c1-2-14(18)20-17-12-6-3-4-8-13(17)16(9-5-7-12)10-11-19-15(16)17/h2,12-13,15H,1,3-11H2. The Bertz CT molecular complexity index is 446. The van der Waals surface area contributed by atoms with Gasteiger partial charge in [0.25, 0.3) is 0 Å². The van der Waals surface area contributed by atoms with Gasteiger partial charge in [0.1, 0.15) is 11.7 Å². The van der Waals surface area contributed by atoms with Crippen LogP contribution in [-0.2, 0) is 14.3 Å². The summed E-state index contributed by atoms with van der Waals surface area (Å²) >= 11 is 0. The molecule has 0 amide bonds. The van der Waals surface area contributed by atoms with E-state index in [2.05, 4.69) is 6.58 Å². The van der Waals surface area contributed by atoms with E-state index in [-0.39, 0.29) is 17.7 Å². The number of rotatable bonds is 2. The zero-order valence-electron chi connectivity index (χ0n) is 12.1. The van der Waals surface area contributed by atoms with Gasteiger partial charge in [0.15, 0.2) is 0 Å². The highest BCUT2D eigenvalue weighted by Crippen LogP contribution is 2.71. The number of ether oxygens (including phenoxy) is 2. The van der Waals surface area contributed by atoms with Gasteiger partial charge in [-0.05, 0) is 32.1 Å². The average Bonchev–Trinajstić information content (AvgIpc) is 2.61. The quantitative estimate of drug-likeness (QED) is 0.574. The van der Waals surface area contributed by atoms with Gasteiger partial charge in [-0.1, -0.05) is 25.8 Å². The molecule has 1 heterocycles. The lowest BCUT2D eigenvalue weighted by molar-refractivity contribution is -0.288. The molecule has 3 nitrogen and oxygen atoms in total. The first kappa shape index (κ1) is 12.9. The maximum atomic E-state index is 12.0. The molecular weight excluding hydrogens is 252 g/mol. The summed E-state index contributed by atoms with van der Waals surface area (Å²) in [6, 6.07) is 0. The number of hydrogen-bond donors (Lipinski definition) is 0. The Kier molecular flexibility index (Phi) is 2.79. The van der Waals surface area contributed by atoms with Gasteiger partial charge >= 0.3 is 5.97 Å². The fourth-order valence-electron chi connectivity index (χ4n) is 6.01. The number of hydrogen-bond acceptors (Lipinski definition) is 3. The van der Waals surface area contributed by atoms with Crippen molar-refractivity contribution in [2.24, 2.45) is 17.3 Å². The summed E-state index contributed by atoms with van der Waals surface area (Å²) in [5, 5.41) is 0. The minimum Gasteiger partial charge on any atom is -0.453 e. The van der Waals surface area contributed by atoms with E-state index in [4.69, 9.17) is 9.47 Å². The molecule has 0 radical (unpaired) electrons. The summed E-state index contributed by atoms with van der Waals surface area (Å²) < 4.78 is 12.2. The molecule has 4 bridgehead atoms. The topological polar surface area (TPSA) is 35.5 Å². The third-order valence-electron chi connectivity index (χ3n) is 6.59. The van der Waals surface area contributed by atoms with Gasteiger partial charge < -0.3 is 9.47 Å². The zero-order chi connectivity index (χ0) is 13.8. The first-order valence-electron chi connectivity index (χ1n) is 8.21. The van der Waals surface area contributed by atoms with Crippen LogP contribution < -0.4 is 0 Å². The van der Waals surface area contributed by atoms with Crippen molar-refractivity contribution in [2.45, 2.75) is 63.1 Å². The fraction of sp³-hybridized carbons (Fsp3) is 0.824. The maximum Gasteiger partial charge on any atom is 0.330 e. The van der Waals surface area contributed by atoms with Crippen LogP contribution in [-0.4, -0.2) is 24.3 Å². The normalized spacial score (nSPS) is 49.3. The Morgan fingerprint density at radius 1 is 1.20 bits per heavy atom. The van der Waals surface area contributed by atoms with Crippen molar-refractivity contribution in [3.05, 3.63) is 12.7 Å². The molecule has 5 atom stereocenters. The lowest BCUT2D eigenvalue weighted by Gasteiger charge is -2.64. The summed E-state index contributed by atoms with van der Waals surface area (Å²) in [5.74, 6) is 0.770. The highest BCUT2D eigenvalue weighted by molar-refractivity contribution is 5.82. The molecule has 3 aliphatic carbocycles. The summed E-state index contributed by atoms with van der Waals surface area (Å²) in [4.78, 5) is 12.0. The van der Waals surface area contributed by atoms with Crippen molar-refractivity contribution in [1.82, 2.24) is 0 Å². The van der Waals surface area contributed by atoms with Gasteiger partial charge in [-0.3, -0.25) is 0 Å². The first-order chi connectivity index (χ1) is 9.74. The molecule has 110 valence electrons. The van der Waals surface area contributed by atoms with Gasteiger partial charge in [-0.2, -0.15) is 0 Å². The van der Waals surface area contributed by atoms with E-state index in [9.17, 15) is 4.79 Å². The summed E-state index contributed by atoms with van der Waals surface area (Å²) in [6.07, 6.45) is 11.3. The molecule has 4 aliphatic rings. The Morgan fingerprint density at radius 3 is 2.85 bits per heavy atom. The minimum absolute atomic E-state index is 0.162. The largest absolute Gasteiger partial charge is 0.453 e. The van der Waals surface area contributed by atoms with Gasteiger partial charge in [-0.25, -0.2) is 4.79 Å². The van der Waals surface area contributed by atoms with E-state index in [1.807, 2.05) is 0 Å². The fourth-order valence-corrected chi connectivity index (χ4v) is 6.01. The van der Waals surface area contributed by atoms with Crippen LogP contribution in [0.2, 0.25) is 0 Å². The van der Waals surface area contributed by atoms with Gasteiger partial charge in [-0.15, -0.1) is 0 Å². The first-order valence-corrected chi connectivity index (χ1v) is 8.21. The smallest absolute Gasteiger partial charge is 0.330 e. The molecule has 20 heavy (non-hydrogen) atoms. The Labute approximate surface area is 120 Å². The van der Waals surface area contributed by atoms with Crippen LogP contribution >= 0.6 is 0 Å². The lowest BCUT2D eigenvalue weighted by atomic mass is 9.45. The Hall–Kier alpha value is -0.830. The Morgan fingerprint density at radius 2 is 2.00 bits per heavy atom. The van der Waals surface area contributed by atoms with Crippen LogP contribution in [0.15, 0.2) is 12.7 Å². The molecule has 3 heteroatoms. The van der Waals surface area contributed by atoms with Crippen molar-refractivity contribution >= 4 is 5.97 Å². The van der Waals surface area contributed by atoms with Crippen LogP contribution in [0.3, 0.4) is 0 Å². The zero-order valence-corrected chi connectivity index (χ0v) is 12.1. The van der Waals surface area contributed by atoms with Gasteiger partial charge in [0, 0.05) is 29.9 Å². The van der Waals surface area contributed by atoms with Crippen molar-refractivity contribution in [1.29, 1.82) is 0 Å². The third-order valence-corrected chi connectivity index (χ3v) is 6.59. The maximum absolute atomic E-state index is 12.0. The van der Waals surface area contributed by atoms with E-state index < -0.39 is 0 Å². The van der Waals surface area contributed by atoms with E-state index in [1.54, 1.807) is 0 Å². The lowest BCUT2D eigenvalue weighted by Crippen LogP contribution is -2.74. The van der Waals surface area contributed by atoms with E-state index in [0.717, 1.165) is 6.61 Å². The molecule has 1 saturated heterocycles. The monoisotopic (exact) mass is 276 g/mol. The molecular formula is C17H24O3. The van der Waals surface area contributed by atoms with Crippen molar-refractivity contribution in [2.75, 3.05) is 6.61 Å². The average molecular weight is 276 g/mol. The minimum atomic E-state index is -0.325. The number of carbonyl (C=O) groups is 1. The predicted molar refractivity (Wildman–Crippen MR) is 75.1 cm³/mol. The SMILES string of the molecule is C=CC(=O)OC12C3CCCCC1C1(CCC3)CCOC12. The second-order valence-corrected chi connectivity index (χ2v) is 7.14. The van der Waals surface area contributed by atoms with Crippen LogP contribution in [0.25, 0.3) is 0 Å². The highest BCUT2D eigenvalue weighted by atomic mass is 16.6. The molecule has 5 unspecified atom stereocenters. The van der Waals surface area contributed by atoms with Gasteiger partial charge in [0.2, 0.25) is 0 Å². The van der Waals surface area contributed by atoms with Crippen LogP contribution in [0.4, 0.5) is 0 Å². The third kappa shape index (κ3) is 1.37. The van der Waals surface area contributed by atoms with Crippen molar-refractivity contribution in [3.63, 3.8) is 0 Å². The molecule has 0 aromatic rings. The van der Waals surface area contributed by atoms with Crippen LogP contribution in [0.1, 0.15) is 51.4 Å². The molecule has 4 rings (SSSR count).